The van der Waals surface area contributed by atoms with Crippen LogP contribution in [-0.2, 0) is 23.0 Å². The second kappa shape index (κ2) is 8.28. The molecule has 1 aliphatic rings. The zero-order chi connectivity index (χ0) is 21.9. The van der Waals surface area contributed by atoms with Gasteiger partial charge in [0.1, 0.15) is 12.4 Å². The largest absolute Gasteiger partial charge is 0.516 e. The van der Waals surface area contributed by atoms with E-state index in [1.807, 2.05) is 6.07 Å². The molecule has 1 heterocycles. The van der Waals surface area contributed by atoms with E-state index in [0.717, 1.165) is 5.56 Å². The van der Waals surface area contributed by atoms with Crippen molar-refractivity contribution in [2.45, 2.75) is 18.5 Å². The number of ether oxygens (including phenoxy) is 1. The average Bonchev–Trinajstić information content (AvgIpc) is 2.69. The zero-order valence-electron chi connectivity index (χ0n) is 15.6. The van der Waals surface area contributed by atoms with Crippen LogP contribution in [0.2, 0.25) is 0 Å². The fraction of sp³-hybridized carbons (Fsp3) is 0.250. The van der Waals surface area contributed by atoms with Gasteiger partial charge in [0.15, 0.2) is 0 Å². The maximum atomic E-state index is 12.8. The number of alkyl halides is 3. The lowest BCUT2D eigenvalue weighted by Crippen LogP contribution is -2.37. The molecule has 0 atom stereocenters. The van der Waals surface area contributed by atoms with E-state index in [1.165, 1.54) is 29.0 Å². The van der Waals surface area contributed by atoms with Gasteiger partial charge in [-0.2, -0.15) is 21.6 Å². The molecule has 6 nitrogen and oxygen atoms in total. The van der Waals surface area contributed by atoms with Gasteiger partial charge in [-0.25, -0.2) is 0 Å². The lowest BCUT2D eigenvalue weighted by atomic mass is 9.98. The fourth-order valence-corrected chi connectivity index (χ4v) is 3.54. The minimum Gasteiger partial charge on any atom is -0.481 e. The Labute approximate surface area is 171 Å². The van der Waals surface area contributed by atoms with Crippen LogP contribution >= 0.6 is 0 Å². The van der Waals surface area contributed by atoms with Gasteiger partial charge in [-0.1, -0.05) is 24.1 Å². The maximum absolute atomic E-state index is 12.8. The molecule has 1 amide bonds. The van der Waals surface area contributed by atoms with Crippen LogP contribution < -0.4 is 9.46 Å². The number of fused-ring (bicyclic) bond motifs is 1. The molecule has 0 aromatic heterocycles. The predicted octanol–water partition coefficient (Wildman–Crippen LogP) is 3.16. The summed E-state index contributed by atoms with van der Waals surface area (Å²) in [5.74, 6) is 2.64. The SMILES string of the molecule is C#CCOc1ccc2c(c1)C(=O)N(Cc1ccc(NS(=O)(=O)C(F)(F)F)cc1)CC2. The number of sulfonamides is 1. The lowest BCUT2D eigenvalue weighted by Gasteiger charge is -2.29. The summed E-state index contributed by atoms with van der Waals surface area (Å²) in [6.07, 6.45) is 5.81. The van der Waals surface area contributed by atoms with E-state index in [2.05, 4.69) is 5.92 Å². The van der Waals surface area contributed by atoms with Crippen molar-refractivity contribution in [2.75, 3.05) is 17.9 Å². The standard InChI is InChI=1S/C20H17F3N2O4S/c1-2-11-29-17-8-5-15-9-10-25(19(26)18(15)12-17)13-14-3-6-16(7-4-14)24-30(27,28)20(21,22)23/h1,3-8,12,24H,9-11,13H2. The normalized spacial score (nSPS) is 14.1. The Hall–Kier alpha value is -3.19. The summed E-state index contributed by atoms with van der Waals surface area (Å²) in [5, 5.41) is 0. The average molecular weight is 438 g/mol. The highest BCUT2D eigenvalue weighted by atomic mass is 32.2. The smallest absolute Gasteiger partial charge is 0.481 e. The Kier molecular flexibility index (Phi) is 5.94. The number of hydrogen-bond acceptors (Lipinski definition) is 4. The molecule has 0 fully saturated rings. The zero-order valence-corrected chi connectivity index (χ0v) is 16.4. The van der Waals surface area contributed by atoms with Crippen molar-refractivity contribution in [3.63, 3.8) is 0 Å². The highest BCUT2D eigenvalue weighted by Crippen LogP contribution is 2.27. The van der Waals surface area contributed by atoms with Crippen LogP contribution in [0.1, 0.15) is 21.5 Å². The highest BCUT2D eigenvalue weighted by Gasteiger charge is 2.46. The number of terminal acetylenes is 1. The predicted molar refractivity (Wildman–Crippen MR) is 104 cm³/mol. The molecule has 158 valence electrons. The Morgan fingerprint density at radius 3 is 2.50 bits per heavy atom. The summed E-state index contributed by atoms with van der Waals surface area (Å²) in [6, 6.07) is 10.6. The van der Waals surface area contributed by atoms with Crippen LogP contribution in [0, 0.1) is 12.3 Å². The van der Waals surface area contributed by atoms with Gasteiger partial charge in [0, 0.05) is 24.3 Å². The molecule has 10 heteroatoms. The van der Waals surface area contributed by atoms with Gasteiger partial charge in [-0.3, -0.25) is 9.52 Å². The Balaban J connectivity index is 1.70. The monoisotopic (exact) mass is 438 g/mol. The van der Waals surface area contributed by atoms with Crippen molar-refractivity contribution < 1.29 is 31.1 Å². The minimum atomic E-state index is -5.48. The van der Waals surface area contributed by atoms with Crippen LogP contribution in [-0.4, -0.2) is 37.9 Å². The van der Waals surface area contributed by atoms with Crippen LogP contribution in [0.25, 0.3) is 0 Å². The summed E-state index contributed by atoms with van der Waals surface area (Å²) in [7, 11) is -5.48. The van der Waals surface area contributed by atoms with E-state index < -0.39 is 15.5 Å². The van der Waals surface area contributed by atoms with Crippen LogP contribution in [0.15, 0.2) is 42.5 Å². The van der Waals surface area contributed by atoms with Crippen molar-refractivity contribution in [1.29, 1.82) is 0 Å². The molecular formula is C20H17F3N2O4S. The van der Waals surface area contributed by atoms with E-state index in [0.29, 0.717) is 29.8 Å². The number of nitrogens with one attached hydrogen (secondary N) is 1. The second-order valence-corrected chi connectivity index (χ2v) is 8.21. The maximum Gasteiger partial charge on any atom is 0.516 e. The summed E-state index contributed by atoms with van der Waals surface area (Å²) in [6.45, 7) is 0.778. The van der Waals surface area contributed by atoms with E-state index >= 15 is 0 Å². The van der Waals surface area contributed by atoms with Crippen molar-refractivity contribution >= 4 is 21.6 Å². The third kappa shape index (κ3) is 4.68. The van der Waals surface area contributed by atoms with Crippen LogP contribution in [0.4, 0.5) is 18.9 Å². The van der Waals surface area contributed by atoms with Gasteiger partial charge in [0.05, 0.1) is 0 Å². The van der Waals surface area contributed by atoms with Gasteiger partial charge in [-0.05, 0) is 41.8 Å². The molecule has 0 saturated carbocycles. The molecule has 3 rings (SSSR count). The molecular weight excluding hydrogens is 421 g/mol. The molecule has 1 N–H and O–H groups in total. The highest BCUT2D eigenvalue weighted by molar-refractivity contribution is 7.93. The van der Waals surface area contributed by atoms with Crippen molar-refractivity contribution in [2.24, 2.45) is 0 Å². The van der Waals surface area contributed by atoms with E-state index in [-0.39, 0.29) is 24.7 Å². The quantitative estimate of drug-likeness (QED) is 0.703. The minimum absolute atomic E-state index is 0.0845. The number of carbonyl (C=O) groups excluding carboxylic acids is 1. The molecule has 1 aliphatic heterocycles. The van der Waals surface area contributed by atoms with Crippen LogP contribution in [0.3, 0.4) is 0 Å². The Morgan fingerprint density at radius 2 is 1.87 bits per heavy atom. The second-order valence-electron chi connectivity index (χ2n) is 6.54. The third-order valence-electron chi connectivity index (χ3n) is 4.46. The molecule has 0 spiro atoms. The first-order chi connectivity index (χ1) is 14.1. The van der Waals surface area contributed by atoms with Gasteiger partial charge in [-0.15, -0.1) is 6.42 Å². The molecule has 0 saturated heterocycles. The molecule has 0 unspecified atom stereocenters. The van der Waals surface area contributed by atoms with E-state index in [1.54, 1.807) is 17.0 Å². The number of amides is 1. The number of rotatable bonds is 6. The number of nitrogens with zero attached hydrogens (tertiary/aromatic N) is 1. The first kappa shape index (κ1) is 21.5. The first-order valence-corrected chi connectivity index (χ1v) is 10.3. The van der Waals surface area contributed by atoms with Gasteiger partial charge in [0.2, 0.25) is 0 Å². The lowest BCUT2D eigenvalue weighted by molar-refractivity contribution is -0.0429. The summed E-state index contributed by atoms with van der Waals surface area (Å²) < 4.78 is 66.5. The Bertz CT molecular complexity index is 1090. The number of halogens is 3. The molecule has 0 radical (unpaired) electrons. The van der Waals surface area contributed by atoms with Crippen molar-refractivity contribution in [3.8, 4) is 18.1 Å². The van der Waals surface area contributed by atoms with Crippen molar-refractivity contribution in [3.05, 3.63) is 59.2 Å². The molecule has 30 heavy (non-hydrogen) atoms. The number of benzene rings is 2. The molecule has 2 aromatic rings. The molecule has 2 aromatic carbocycles. The summed E-state index contributed by atoms with van der Waals surface area (Å²) in [4.78, 5) is 14.4. The van der Waals surface area contributed by atoms with Gasteiger partial charge < -0.3 is 9.64 Å². The van der Waals surface area contributed by atoms with E-state index in [9.17, 15) is 26.4 Å². The topological polar surface area (TPSA) is 75.7 Å². The van der Waals surface area contributed by atoms with Crippen molar-refractivity contribution in [1.82, 2.24) is 4.90 Å². The van der Waals surface area contributed by atoms with Gasteiger partial charge >= 0.3 is 15.5 Å². The van der Waals surface area contributed by atoms with Gasteiger partial charge in [0.25, 0.3) is 5.91 Å². The first-order valence-electron chi connectivity index (χ1n) is 8.77. The summed E-state index contributed by atoms with van der Waals surface area (Å²) in [5.41, 5.74) is -3.59. The van der Waals surface area contributed by atoms with Crippen LogP contribution in [0.5, 0.6) is 5.75 Å². The molecule has 0 bridgehead atoms. The number of anilines is 1. The number of carbonyl (C=O) groups is 1. The van der Waals surface area contributed by atoms with E-state index in [4.69, 9.17) is 11.2 Å². The Morgan fingerprint density at radius 1 is 1.17 bits per heavy atom. The number of hydrogen-bond donors (Lipinski definition) is 1. The summed E-state index contributed by atoms with van der Waals surface area (Å²) >= 11 is 0. The fourth-order valence-electron chi connectivity index (χ4n) is 2.98. The molecule has 0 aliphatic carbocycles. The third-order valence-corrected chi connectivity index (χ3v) is 5.57.